The van der Waals surface area contributed by atoms with Crippen LogP contribution in [0.5, 0.6) is 0 Å². The predicted molar refractivity (Wildman–Crippen MR) is 67.8 cm³/mol. The van der Waals surface area contributed by atoms with Crippen molar-refractivity contribution in [2.45, 2.75) is 17.8 Å². The van der Waals surface area contributed by atoms with Gasteiger partial charge >= 0.3 is 5.97 Å². The molecule has 0 spiro atoms. The van der Waals surface area contributed by atoms with E-state index < -0.39 is 12.0 Å². The van der Waals surface area contributed by atoms with E-state index in [9.17, 15) is 14.7 Å². The molecule has 0 aliphatic carbocycles. The minimum atomic E-state index is -1.11. The summed E-state index contributed by atoms with van der Waals surface area (Å²) in [4.78, 5) is 24.4. The number of benzene rings is 1. The van der Waals surface area contributed by atoms with Gasteiger partial charge in [-0.05, 0) is 6.07 Å². The standard InChI is InChI=1S/C12H11Cl2NO3/c13-7-5-10(16)15(6-7)11(12(17)18)8-3-1-2-4-9(8)14/h1-4,7,11H,5-6H2,(H,17,18)/t7?,11-/m1/s1. The van der Waals surface area contributed by atoms with E-state index >= 15 is 0 Å². The summed E-state index contributed by atoms with van der Waals surface area (Å²) in [5.74, 6) is -1.37. The SMILES string of the molecule is O=C(O)[C@@H](c1ccccc1Cl)N1CC(Cl)CC1=O. The maximum Gasteiger partial charge on any atom is 0.331 e. The zero-order chi connectivity index (χ0) is 13.3. The smallest absolute Gasteiger partial charge is 0.331 e. The van der Waals surface area contributed by atoms with Crippen LogP contribution >= 0.6 is 23.2 Å². The highest BCUT2D eigenvalue weighted by atomic mass is 35.5. The Balaban J connectivity index is 2.38. The molecule has 1 N–H and O–H groups in total. The van der Waals surface area contributed by atoms with Gasteiger partial charge in [0.15, 0.2) is 6.04 Å². The van der Waals surface area contributed by atoms with Crippen molar-refractivity contribution in [2.75, 3.05) is 6.54 Å². The van der Waals surface area contributed by atoms with Gasteiger partial charge in [-0.25, -0.2) is 4.79 Å². The van der Waals surface area contributed by atoms with Crippen LogP contribution in [0.3, 0.4) is 0 Å². The number of carbonyl (C=O) groups is 2. The molecule has 0 aromatic heterocycles. The number of carbonyl (C=O) groups excluding carboxylic acids is 1. The van der Waals surface area contributed by atoms with Crippen LogP contribution in [-0.2, 0) is 9.59 Å². The lowest BCUT2D eigenvalue weighted by molar-refractivity contribution is -0.148. The van der Waals surface area contributed by atoms with Crippen LogP contribution in [-0.4, -0.2) is 33.8 Å². The van der Waals surface area contributed by atoms with E-state index in [1.807, 2.05) is 0 Å². The number of alkyl halides is 1. The Bertz CT molecular complexity index is 492. The molecule has 1 unspecified atom stereocenters. The highest BCUT2D eigenvalue weighted by Gasteiger charge is 2.38. The van der Waals surface area contributed by atoms with E-state index in [1.54, 1.807) is 24.3 Å². The Labute approximate surface area is 114 Å². The third-order valence-electron chi connectivity index (χ3n) is 2.86. The van der Waals surface area contributed by atoms with Gasteiger partial charge in [0, 0.05) is 23.6 Å². The van der Waals surface area contributed by atoms with E-state index in [0.717, 1.165) is 0 Å². The van der Waals surface area contributed by atoms with Crippen molar-refractivity contribution in [3.05, 3.63) is 34.9 Å². The molecule has 1 aliphatic rings. The van der Waals surface area contributed by atoms with E-state index in [0.29, 0.717) is 10.6 Å². The van der Waals surface area contributed by atoms with Crippen molar-refractivity contribution >= 4 is 35.1 Å². The molecule has 2 atom stereocenters. The van der Waals surface area contributed by atoms with E-state index in [-0.39, 0.29) is 24.2 Å². The third kappa shape index (κ3) is 2.44. The summed E-state index contributed by atoms with van der Waals surface area (Å²) < 4.78 is 0. The number of amides is 1. The third-order valence-corrected chi connectivity index (χ3v) is 3.49. The van der Waals surface area contributed by atoms with E-state index in [1.165, 1.54) is 4.90 Å². The summed E-state index contributed by atoms with van der Waals surface area (Å²) >= 11 is 11.9. The van der Waals surface area contributed by atoms with Crippen molar-refractivity contribution in [1.29, 1.82) is 0 Å². The first-order chi connectivity index (χ1) is 8.50. The number of rotatable bonds is 3. The van der Waals surface area contributed by atoms with Crippen molar-refractivity contribution in [2.24, 2.45) is 0 Å². The molecule has 1 aromatic carbocycles. The molecule has 2 rings (SSSR count). The van der Waals surface area contributed by atoms with Gasteiger partial charge in [0.05, 0.1) is 5.38 Å². The molecular formula is C12H11Cl2NO3. The van der Waals surface area contributed by atoms with Gasteiger partial charge in [-0.15, -0.1) is 11.6 Å². The summed E-state index contributed by atoms with van der Waals surface area (Å²) in [5, 5.41) is 9.30. The van der Waals surface area contributed by atoms with Crippen LogP contribution < -0.4 is 0 Å². The second-order valence-corrected chi connectivity index (χ2v) is 5.13. The van der Waals surface area contributed by atoms with E-state index in [4.69, 9.17) is 23.2 Å². The average molecular weight is 288 g/mol. The first-order valence-electron chi connectivity index (χ1n) is 5.41. The molecule has 1 heterocycles. The zero-order valence-electron chi connectivity index (χ0n) is 9.35. The fourth-order valence-electron chi connectivity index (χ4n) is 2.07. The minimum absolute atomic E-state index is 0.162. The molecule has 1 aromatic rings. The lowest BCUT2D eigenvalue weighted by Gasteiger charge is -2.25. The first-order valence-corrected chi connectivity index (χ1v) is 6.23. The molecule has 0 saturated carbocycles. The number of halogens is 2. The van der Waals surface area contributed by atoms with Crippen LogP contribution in [0.15, 0.2) is 24.3 Å². The van der Waals surface area contributed by atoms with Crippen LogP contribution in [0.2, 0.25) is 5.02 Å². The number of hydrogen-bond donors (Lipinski definition) is 1. The quantitative estimate of drug-likeness (QED) is 0.868. The number of likely N-dealkylation sites (tertiary alicyclic amines) is 1. The summed E-state index contributed by atoms with van der Waals surface area (Å²) in [6.07, 6.45) is 0.162. The molecular weight excluding hydrogens is 277 g/mol. The van der Waals surface area contributed by atoms with Crippen LogP contribution in [0, 0.1) is 0 Å². The maximum atomic E-state index is 11.8. The van der Waals surface area contributed by atoms with Crippen molar-refractivity contribution in [1.82, 2.24) is 4.90 Å². The number of hydrogen-bond acceptors (Lipinski definition) is 2. The molecule has 18 heavy (non-hydrogen) atoms. The largest absolute Gasteiger partial charge is 0.479 e. The normalized spacial score (nSPS) is 21.1. The Morgan fingerprint density at radius 2 is 2.11 bits per heavy atom. The molecule has 0 radical (unpaired) electrons. The summed E-state index contributed by atoms with van der Waals surface area (Å²) in [6, 6.07) is 5.54. The lowest BCUT2D eigenvalue weighted by Crippen LogP contribution is -2.35. The Morgan fingerprint density at radius 3 is 2.61 bits per heavy atom. The topological polar surface area (TPSA) is 57.6 Å². The Morgan fingerprint density at radius 1 is 1.44 bits per heavy atom. The fourth-order valence-corrected chi connectivity index (χ4v) is 2.59. The number of carboxylic acid groups (broad SMARTS) is 1. The number of nitrogens with zero attached hydrogens (tertiary/aromatic N) is 1. The van der Waals surface area contributed by atoms with Crippen LogP contribution in [0.25, 0.3) is 0 Å². The Kier molecular flexibility index (Phi) is 3.78. The highest BCUT2D eigenvalue weighted by Crippen LogP contribution is 2.32. The van der Waals surface area contributed by atoms with Gasteiger partial charge in [-0.1, -0.05) is 29.8 Å². The minimum Gasteiger partial charge on any atom is -0.479 e. The van der Waals surface area contributed by atoms with Crippen molar-refractivity contribution < 1.29 is 14.7 Å². The molecule has 1 fully saturated rings. The predicted octanol–water partition coefficient (Wildman–Crippen LogP) is 2.31. The first kappa shape index (κ1) is 13.2. The van der Waals surface area contributed by atoms with Crippen LogP contribution in [0.4, 0.5) is 0 Å². The van der Waals surface area contributed by atoms with Gasteiger partial charge in [-0.2, -0.15) is 0 Å². The molecule has 1 saturated heterocycles. The van der Waals surface area contributed by atoms with Crippen LogP contribution in [0.1, 0.15) is 18.0 Å². The molecule has 96 valence electrons. The Hall–Kier alpha value is -1.26. The molecule has 1 amide bonds. The molecule has 6 heteroatoms. The highest BCUT2D eigenvalue weighted by molar-refractivity contribution is 6.31. The maximum absolute atomic E-state index is 11.8. The molecule has 0 bridgehead atoms. The van der Waals surface area contributed by atoms with Gasteiger partial charge < -0.3 is 10.0 Å². The molecule has 1 aliphatic heterocycles. The average Bonchev–Trinajstić information content (AvgIpc) is 2.61. The van der Waals surface area contributed by atoms with Crippen molar-refractivity contribution in [3.63, 3.8) is 0 Å². The van der Waals surface area contributed by atoms with Crippen molar-refractivity contribution in [3.8, 4) is 0 Å². The lowest BCUT2D eigenvalue weighted by atomic mass is 10.1. The zero-order valence-corrected chi connectivity index (χ0v) is 10.9. The summed E-state index contributed by atoms with van der Waals surface area (Å²) in [7, 11) is 0. The summed E-state index contributed by atoms with van der Waals surface area (Å²) in [6.45, 7) is 0.225. The van der Waals surface area contributed by atoms with Gasteiger partial charge in [-0.3, -0.25) is 4.79 Å². The van der Waals surface area contributed by atoms with Gasteiger partial charge in [0.25, 0.3) is 0 Å². The van der Waals surface area contributed by atoms with Gasteiger partial charge in [0.1, 0.15) is 0 Å². The number of aliphatic carboxylic acids is 1. The molecule has 4 nitrogen and oxygen atoms in total. The summed E-state index contributed by atoms with van der Waals surface area (Å²) in [5.41, 5.74) is 0.408. The number of carboxylic acids is 1. The fraction of sp³-hybridized carbons (Fsp3) is 0.333. The second kappa shape index (κ2) is 5.16. The monoisotopic (exact) mass is 287 g/mol. The van der Waals surface area contributed by atoms with Gasteiger partial charge in [0.2, 0.25) is 5.91 Å². The van der Waals surface area contributed by atoms with E-state index in [2.05, 4.69) is 0 Å². The second-order valence-electron chi connectivity index (χ2n) is 4.11.